The zero-order valence-corrected chi connectivity index (χ0v) is 19.5. The lowest BCUT2D eigenvalue weighted by molar-refractivity contribution is -0.128. The number of nitrogens with one attached hydrogen (secondary N) is 3. The van der Waals surface area contributed by atoms with Crippen LogP contribution in [-0.4, -0.2) is 40.2 Å². The number of aliphatic imine (C=N–C) groups is 1. The van der Waals surface area contributed by atoms with Crippen molar-refractivity contribution >= 4 is 47.2 Å². The van der Waals surface area contributed by atoms with Crippen molar-refractivity contribution in [3.8, 4) is 0 Å². The Morgan fingerprint density at radius 1 is 1.33 bits per heavy atom. The van der Waals surface area contributed by atoms with E-state index >= 15 is 0 Å². The van der Waals surface area contributed by atoms with Crippen LogP contribution in [0.25, 0.3) is 0 Å². The van der Waals surface area contributed by atoms with E-state index in [1.54, 1.807) is 18.4 Å². The summed E-state index contributed by atoms with van der Waals surface area (Å²) < 4.78 is 1.91. The van der Waals surface area contributed by atoms with Crippen molar-refractivity contribution in [2.24, 2.45) is 17.5 Å². The molecule has 0 bridgehead atoms. The number of carbonyl (C=O) groups excluding carboxylic acids is 1. The first-order valence-corrected chi connectivity index (χ1v) is 9.33. The highest BCUT2D eigenvalue weighted by Crippen LogP contribution is 2.13. The molecule has 0 saturated carbocycles. The van der Waals surface area contributed by atoms with E-state index in [1.165, 1.54) is 4.88 Å². The average molecular weight is 505 g/mol. The second kappa shape index (κ2) is 10.6. The number of amides is 1. The summed E-state index contributed by atoms with van der Waals surface area (Å²) in [5, 5.41) is 19.5. The van der Waals surface area contributed by atoms with E-state index < -0.39 is 5.41 Å². The van der Waals surface area contributed by atoms with Crippen molar-refractivity contribution in [3.63, 3.8) is 0 Å². The first kappa shape index (κ1) is 23.3. The minimum absolute atomic E-state index is 0. The normalized spacial score (nSPS) is 11.7. The van der Waals surface area contributed by atoms with Gasteiger partial charge in [-0.25, -0.2) is 4.99 Å². The SMILES string of the molecule is CNC(=O)C(C)(C)CNC(=NCc1nnc(C)n1C)NCc1cccs1.I. The summed E-state index contributed by atoms with van der Waals surface area (Å²) in [6.45, 7) is 7.21. The summed E-state index contributed by atoms with van der Waals surface area (Å²) in [6.07, 6.45) is 0. The molecule has 0 fully saturated rings. The van der Waals surface area contributed by atoms with E-state index in [0.717, 1.165) is 11.6 Å². The fourth-order valence-electron chi connectivity index (χ4n) is 2.22. The zero-order chi connectivity index (χ0) is 19.2. The number of nitrogens with zero attached hydrogens (tertiary/aromatic N) is 4. The predicted octanol–water partition coefficient (Wildman–Crippen LogP) is 1.81. The highest BCUT2D eigenvalue weighted by atomic mass is 127. The van der Waals surface area contributed by atoms with Crippen LogP contribution in [0.2, 0.25) is 0 Å². The molecular weight excluding hydrogens is 477 g/mol. The van der Waals surface area contributed by atoms with E-state index in [4.69, 9.17) is 0 Å². The molecule has 1 amide bonds. The molecule has 27 heavy (non-hydrogen) atoms. The molecule has 3 N–H and O–H groups in total. The standard InChI is InChI=1S/C17H27N7OS.HI/c1-12-22-23-14(24(12)5)10-20-16(19-9-13-7-6-8-26-13)21-11-17(2,3)15(25)18-4;/h6-8H,9-11H2,1-5H3,(H,18,25)(H2,19,20,21);1H. The van der Waals surface area contributed by atoms with Gasteiger partial charge >= 0.3 is 0 Å². The number of rotatable bonds is 7. The van der Waals surface area contributed by atoms with Crippen LogP contribution in [0.5, 0.6) is 0 Å². The van der Waals surface area contributed by atoms with Crippen LogP contribution in [0.3, 0.4) is 0 Å². The molecule has 0 atom stereocenters. The third kappa shape index (κ3) is 6.76. The van der Waals surface area contributed by atoms with Crippen molar-refractivity contribution in [3.05, 3.63) is 34.0 Å². The summed E-state index contributed by atoms with van der Waals surface area (Å²) >= 11 is 1.68. The number of thiophene rings is 1. The number of hydrogen-bond donors (Lipinski definition) is 3. The van der Waals surface area contributed by atoms with Gasteiger partial charge in [0, 0.05) is 25.5 Å². The molecule has 0 radical (unpaired) electrons. The largest absolute Gasteiger partial charge is 0.359 e. The van der Waals surface area contributed by atoms with Crippen LogP contribution in [0, 0.1) is 12.3 Å². The maximum atomic E-state index is 12.0. The molecule has 2 rings (SSSR count). The molecule has 2 aromatic rings. The topological polar surface area (TPSA) is 96.2 Å². The zero-order valence-electron chi connectivity index (χ0n) is 16.4. The fraction of sp³-hybridized carbons (Fsp3) is 0.529. The Balaban J connectivity index is 0.00000364. The molecule has 0 aliphatic heterocycles. The average Bonchev–Trinajstić information content (AvgIpc) is 3.25. The van der Waals surface area contributed by atoms with Gasteiger partial charge in [0.25, 0.3) is 0 Å². The Morgan fingerprint density at radius 3 is 2.63 bits per heavy atom. The van der Waals surface area contributed by atoms with Gasteiger partial charge in [-0.15, -0.1) is 45.5 Å². The Kier molecular flexibility index (Phi) is 9.16. The number of aryl methyl sites for hydroxylation is 1. The Hall–Kier alpha value is -1.69. The second-order valence-corrected chi connectivity index (χ2v) is 7.67. The van der Waals surface area contributed by atoms with Crippen molar-refractivity contribution in [1.82, 2.24) is 30.7 Å². The number of halogens is 1. The molecule has 2 aromatic heterocycles. The third-order valence-corrected chi connectivity index (χ3v) is 4.99. The second-order valence-electron chi connectivity index (χ2n) is 6.64. The molecule has 150 valence electrons. The quantitative estimate of drug-likeness (QED) is 0.303. The van der Waals surface area contributed by atoms with Crippen molar-refractivity contribution in [2.45, 2.75) is 33.9 Å². The van der Waals surface area contributed by atoms with E-state index in [-0.39, 0.29) is 29.9 Å². The van der Waals surface area contributed by atoms with Crippen LogP contribution in [0.15, 0.2) is 22.5 Å². The first-order chi connectivity index (χ1) is 12.3. The molecule has 8 nitrogen and oxygen atoms in total. The predicted molar refractivity (Wildman–Crippen MR) is 119 cm³/mol. The van der Waals surface area contributed by atoms with Gasteiger partial charge < -0.3 is 20.5 Å². The van der Waals surface area contributed by atoms with Gasteiger partial charge in [-0.05, 0) is 32.2 Å². The fourth-order valence-corrected chi connectivity index (χ4v) is 2.86. The molecule has 0 aliphatic rings. The van der Waals surface area contributed by atoms with E-state index in [0.29, 0.717) is 25.6 Å². The van der Waals surface area contributed by atoms with Crippen LogP contribution >= 0.6 is 35.3 Å². The molecule has 0 spiro atoms. The summed E-state index contributed by atoms with van der Waals surface area (Å²) in [6, 6.07) is 4.08. The highest BCUT2D eigenvalue weighted by Gasteiger charge is 2.26. The molecule has 0 unspecified atom stereocenters. The molecule has 0 aromatic carbocycles. The summed E-state index contributed by atoms with van der Waals surface area (Å²) in [5.74, 6) is 2.24. The van der Waals surface area contributed by atoms with Gasteiger partial charge in [0.05, 0.1) is 12.0 Å². The highest BCUT2D eigenvalue weighted by molar-refractivity contribution is 14.0. The molecule has 10 heteroatoms. The summed E-state index contributed by atoms with van der Waals surface area (Å²) in [5.41, 5.74) is -0.554. The number of carbonyl (C=O) groups is 1. The van der Waals surface area contributed by atoms with Gasteiger partial charge in [-0.1, -0.05) is 6.07 Å². The van der Waals surface area contributed by atoms with Crippen molar-refractivity contribution in [2.75, 3.05) is 13.6 Å². The van der Waals surface area contributed by atoms with Crippen molar-refractivity contribution in [1.29, 1.82) is 0 Å². The monoisotopic (exact) mass is 505 g/mol. The van der Waals surface area contributed by atoms with Gasteiger partial charge in [0.15, 0.2) is 11.8 Å². The Labute approximate surface area is 181 Å². The molecule has 2 heterocycles. The Bertz CT molecular complexity index is 755. The number of hydrogen-bond acceptors (Lipinski definition) is 5. The maximum absolute atomic E-state index is 12.0. The van der Waals surface area contributed by atoms with E-state index in [1.807, 2.05) is 43.8 Å². The van der Waals surface area contributed by atoms with Crippen LogP contribution in [0.4, 0.5) is 0 Å². The summed E-state index contributed by atoms with van der Waals surface area (Å²) in [4.78, 5) is 17.8. The van der Waals surface area contributed by atoms with E-state index in [9.17, 15) is 4.79 Å². The van der Waals surface area contributed by atoms with Crippen molar-refractivity contribution < 1.29 is 4.79 Å². The molecule has 0 saturated heterocycles. The van der Waals surface area contributed by atoms with Crippen LogP contribution < -0.4 is 16.0 Å². The lowest BCUT2D eigenvalue weighted by Gasteiger charge is -2.24. The first-order valence-electron chi connectivity index (χ1n) is 8.45. The lowest BCUT2D eigenvalue weighted by Crippen LogP contribution is -2.47. The van der Waals surface area contributed by atoms with E-state index in [2.05, 4.69) is 37.2 Å². The van der Waals surface area contributed by atoms with Gasteiger partial charge in [0.2, 0.25) is 5.91 Å². The lowest BCUT2D eigenvalue weighted by atomic mass is 9.92. The molecular formula is C17H28IN7OS. The smallest absolute Gasteiger partial charge is 0.227 e. The van der Waals surface area contributed by atoms with Crippen LogP contribution in [0.1, 0.15) is 30.4 Å². The molecule has 0 aliphatic carbocycles. The van der Waals surface area contributed by atoms with Gasteiger partial charge in [-0.2, -0.15) is 0 Å². The summed E-state index contributed by atoms with van der Waals surface area (Å²) in [7, 11) is 3.56. The van der Waals surface area contributed by atoms with Crippen LogP contribution in [-0.2, 0) is 24.9 Å². The third-order valence-electron chi connectivity index (χ3n) is 4.11. The Morgan fingerprint density at radius 2 is 2.07 bits per heavy atom. The minimum Gasteiger partial charge on any atom is -0.359 e. The van der Waals surface area contributed by atoms with Gasteiger partial charge in [-0.3, -0.25) is 4.79 Å². The number of aromatic nitrogens is 3. The number of guanidine groups is 1. The van der Waals surface area contributed by atoms with Gasteiger partial charge in [0.1, 0.15) is 12.4 Å². The minimum atomic E-state index is -0.554. The maximum Gasteiger partial charge on any atom is 0.227 e.